The van der Waals surface area contributed by atoms with Crippen LogP contribution in [0.4, 0.5) is 5.82 Å². The van der Waals surface area contributed by atoms with Gasteiger partial charge in [-0.15, -0.1) is 0 Å². The molecule has 0 amide bonds. The van der Waals surface area contributed by atoms with E-state index in [1.807, 2.05) is 32.0 Å². The fraction of sp³-hybridized carbons (Fsp3) is 0.300. The third-order valence-electron chi connectivity index (χ3n) is 2.10. The number of hydrogen-bond acceptors (Lipinski definition) is 4. The van der Waals surface area contributed by atoms with Gasteiger partial charge in [-0.05, 0) is 28.9 Å². The van der Waals surface area contributed by atoms with Gasteiger partial charge in [-0.3, -0.25) is 5.10 Å². The largest absolute Gasteiger partial charge is 0.361 e. The molecule has 0 spiro atoms. The van der Waals surface area contributed by atoms with Crippen LogP contribution in [0.15, 0.2) is 16.9 Å². The van der Waals surface area contributed by atoms with Crippen molar-refractivity contribution in [2.75, 3.05) is 19.0 Å². The fourth-order valence-electron chi connectivity index (χ4n) is 1.40. The molecule has 16 heavy (non-hydrogen) atoms. The van der Waals surface area contributed by atoms with Crippen molar-refractivity contribution in [3.05, 3.63) is 22.6 Å². The summed E-state index contributed by atoms with van der Waals surface area (Å²) in [5, 5.41) is 7.10. The van der Waals surface area contributed by atoms with E-state index >= 15 is 0 Å². The van der Waals surface area contributed by atoms with Crippen molar-refractivity contribution in [3.63, 3.8) is 0 Å². The van der Waals surface area contributed by atoms with Gasteiger partial charge in [0.2, 0.25) is 0 Å². The van der Waals surface area contributed by atoms with Gasteiger partial charge in [0.25, 0.3) is 0 Å². The summed E-state index contributed by atoms with van der Waals surface area (Å²) < 4.78 is 0.703. The van der Waals surface area contributed by atoms with Gasteiger partial charge in [0.15, 0.2) is 5.82 Å². The Hall–Kier alpha value is -1.43. The molecule has 2 aromatic heterocycles. The Balaban J connectivity index is 2.57. The van der Waals surface area contributed by atoms with Crippen LogP contribution in [0, 0.1) is 6.92 Å². The zero-order chi connectivity index (χ0) is 11.7. The molecule has 0 unspecified atom stereocenters. The predicted octanol–water partition coefficient (Wildman–Crippen LogP) is 2.00. The molecular formula is C10H12BrN5. The Morgan fingerprint density at radius 3 is 2.69 bits per heavy atom. The molecule has 84 valence electrons. The third-order valence-corrected chi connectivity index (χ3v) is 2.48. The van der Waals surface area contributed by atoms with Gasteiger partial charge < -0.3 is 4.90 Å². The van der Waals surface area contributed by atoms with Gasteiger partial charge >= 0.3 is 0 Å². The lowest BCUT2D eigenvalue weighted by Crippen LogP contribution is -2.13. The summed E-state index contributed by atoms with van der Waals surface area (Å²) in [6.45, 7) is 1.96. The number of nitrogens with one attached hydrogen (secondary N) is 1. The van der Waals surface area contributed by atoms with Gasteiger partial charge in [-0.1, -0.05) is 0 Å². The van der Waals surface area contributed by atoms with E-state index in [9.17, 15) is 0 Å². The summed E-state index contributed by atoms with van der Waals surface area (Å²) in [6, 6.07) is 1.95. The first kappa shape index (κ1) is 11.1. The molecule has 2 heterocycles. The number of H-pyrrole nitrogens is 1. The summed E-state index contributed by atoms with van der Waals surface area (Å²) in [5.74, 6) is 0.801. The number of aromatic amines is 1. The average molecular weight is 282 g/mol. The molecule has 0 aliphatic heterocycles. The highest BCUT2D eigenvalue weighted by molar-refractivity contribution is 9.10. The molecule has 0 aliphatic carbocycles. The van der Waals surface area contributed by atoms with Crippen molar-refractivity contribution in [1.82, 2.24) is 20.2 Å². The standard InChI is InChI=1S/C10H12BrN5/c1-6-4-7(15-14-6)9-10(16(2)3)12-5-8(11)13-9/h4-5H,1-3H3,(H,14,15). The minimum atomic E-state index is 0.703. The Morgan fingerprint density at radius 2 is 2.12 bits per heavy atom. The van der Waals surface area contributed by atoms with Crippen molar-refractivity contribution in [2.45, 2.75) is 6.92 Å². The smallest absolute Gasteiger partial charge is 0.156 e. The lowest BCUT2D eigenvalue weighted by molar-refractivity contribution is 1.01. The van der Waals surface area contributed by atoms with Crippen molar-refractivity contribution in [3.8, 4) is 11.4 Å². The molecule has 5 nitrogen and oxygen atoms in total. The predicted molar refractivity (Wildman–Crippen MR) is 66.4 cm³/mol. The first-order valence-electron chi connectivity index (χ1n) is 4.80. The quantitative estimate of drug-likeness (QED) is 0.915. The average Bonchev–Trinajstić information content (AvgIpc) is 2.64. The minimum Gasteiger partial charge on any atom is -0.361 e. The molecule has 2 rings (SSSR count). The Labute approximate surface area is 102 Å². The summed E-state index contributed by atoms with van der Waals surface area (Å²) >= 11 is 3.32. The van der Waals surface area contributed by atoms with E-state index < -0.39 is 0 Å². The second-order valence-electron chi connectivity index (χ2n) is 3.70. The van der Waals surface area contributed by atoms with E-state index in [4.69, 9.17) is 0 Å². The fourth-order valence-corrected chi connectivity index (χ4v) is 1.68. The molecule has 0 radical (unpaired) electrons. The maximum atomic E-state index is 4.41. The second kappa shape index (κ2) is 4.21. The first-order valence-corrected chi connectivity index (χ1v) is 5.59. The number of rotatable bonds is 2. The molecule has 0 bridgehead atoms. The molecule has 0 fully saturated rings. The van der Waals surface area contributed by atoms with Crippen LogP contribution in [-0.4, -0.2) is 34.3 Å². The normalized spacial score (nSPS) is 10.5. The lowest BCUT2D eigenvalue weighted by Gasteiger charge is -2.13. The first-order chi connectivity index (χ1) is 7.58. The molecule has 0 atom stereocenters. The maximum absolute atomic E-state index is 4.41. The molecule has 0 saturated heterocycles. The highest BCUT2D eigenvalue weighted by Gasteiger charge is 2.13. The number of hydrogen-bond donors (Lipinski definition) is 1. The molecule has 0 saturated carbocycles. The maximum Gasteiger partial charge on any atom is 0.156 e. The van der Waals surface area contributed by atoms with E-state index in [1.165, 1.54) is 0 Å². The highest BCUT2D eigenvalue weighted by Crippen LogP contribution is 2.25. The van der Waals surface area contributed by atoms with Gasteiger partial charge in [-0.2, -0.15) is 5.10 Å². The van der Waals surface area contributed by atoms with Gasteiger partial charge in [0, 0.05) is 19.8 Å². The molecule has 1 N–H and O–H groups in total. The number of halogens is 1. The number of aromatic nitrogens is 4. The summed E-state index contributed by atoms with van der Waals surface area (Å²) in [4.78, 5) is 10.6. The van der Waals surface area contributed by atoms with Gasteiger partial charge in [-0.25, -0.2) is 9.97 Å². The zero-order valence-electron chi connectivity index (χ0n) is 9.32. The van der Waals surface area contributed by atoms with Crippen LogP contribution >= 0.6 is 15.9 Å². The van der Waals surface area contributed by atoms with Crippen LogP contribution in [0.25, 0.3) is 11.4 Å². The Kier molecular flexibility index (Phi) is 2.91. The van der Waals surface area contributed by atoms with Gasteiger partial charge in [0.1, 0.15) is 16.0 Å². The molecule has 2 aromatic rings. The summed E-state index contributed by atoms with van der Waals surface area (Å²) in [6.07, 6.45) is 1.68. The van der Waals surface area contributed by atoms with E-state index in [-0.39, 0.29) is 0 Å². The second-order valence-corrected chi connectivity index (χ2v) is 4.51. The van der Waals surface area contributed by atoms with E-state index in [2.05, 4.69) is 36.1 Å². The van der Waals surface area contributed by atoms with Crippen molar-refractivity contribution < 1.29 is 0 Å². The van der Waals surface area contributed by atoms with E-state index in [1.54, 1.807) is 6.20 Å². The van der Waals surface area contributed by atoms with Crippen molar-refractivity contribution in [2.24, 2.45) is 0 Å². The van der Waals surface area contributed by atoms with Crippen LogP contribution in [0.1, 0.15) is 5.69 Å². The van der Waals surface area contributed by atoms with Crippen molar-refractivity contribution in [1.29, 1.82) is 0 Å². The monoisotopic (exact) mass is 281 g/mol. The highest BCUT2D eigenvalue weighted by atomic mass is 79.9. The molecular weight excluding hydrogens is 270 g/mol. The molecule has 0 aromatic carbocycles. The topological polar surface area (TPSA) is 57.7 Å². The molecule has 0 aliphatic rings. The number of anilines is 1. The number of nitrogens with zero attached hydrogens (tertiary/aromatic N) is 4. The molecule has 6 heteroatoms. The van der Waals surface area contributed by atoms with E-state index in [0.717, 1.165) is 22.9 Å². The van der Waals surface area contributed by atoms with E-state index in [0.29, 0.717) is 4.60 Å². The number of aryl methyl sites for hydroxylation is 1. The summed E-state index contributed by atoms with van der Waals surface area (Å²) in [5.41, 5.74) is 2.57. The lowest BCUT2D eigenvalue weighted by atomic mass is 10.2. The van der Waals surface area contributed by atoms with Crippen LogP contribution in [0.3, 0.4) is 0 Å². The van der Waals surface area contributed by atoms with Crippen LogP contribution in [0.5, 0.6) is 0 Å². The minimum absolute atomic E-state index is 0.703. The SMILES string of the molecule is Cc1cc(-c2nc(Br)cnc2N(C)C)n[nH]1. The van der Waals surface area contributed by atoms with Crippen LogP contribution in [-0.2, 0) is 0 Å². The third kappa shape index (κ3) is 2.06. The van der Waals surface area contributed by atoms with Crippen LogP contribution in [0.2, 0.25) is 0 Å². The van der Waals surface area contributed by atoms with Crippen molar-refractivity contribution >= 4 is 21.7 Å². The van der Waals surface area contributed by atoms with Crippen LogP contribution < -0.4 is 4.90 Å². The zero-order valence-corrected chi connectivity index (χ0v) is 10.9. The van der Waals surface area contributed by atoms with Gasteiger partial charge in [0.05, 0.1) is 6.20 Å². The Morgan fingerprint density at radius 1 is 1.38 bits per heavy atom. The summed E-state index contributed by atoms with van der Waals surface area (Å²) in [7, 11) is 3.86. The Bertz CT molecular complexity index is 506.